The summed E-state index contributed by atoms with van der Waals surface area (Å²) in [6.45, 7) is 5.50. The van der Waals surface area contributed by atoms with Gasteiger partial charge in [0.15, 0.2) is 0 Å². The van der Waals surface area contributed by atoms with Crippen molar-refractivity contribution in [3.63, 3.8) is 0 Å². The number of benzene rings is 1. The molecule has 0 spiro atoms. The lowest BCUT2D eigenvalue weighted by atomic mass is 10.0. The number of carbonyl (C=O) groups is 2. The predicted octanol–water partition coefficient (Wildman–Crippen LogP) is 2.85. The number of rotatable bonds is 4. The van der Waals surface area contributed by atoms with E-state index < -0.39 is 6.04 Å². The van der Waals surface area contributed by atoms with Gasteiger partial charge in [0, 0.05) is 18.8 Å². The Labute approximate surface area is 132 Å². The van der Waals surface area contributed by atoms with Crippen molar-refractivity contribution in [2.45, 2.75) is 39.2 Å². The summed E-state index contributed by atoms with van der Waals surface area (Å²) in [5.74, 6) is 0.0776. The average Bonchev–Trinajstić information content (AvgIpc) is 2.53. The first-order chi connectivity index (χ1) is 10.6. The molecule has 0 aliphatic carbocycles. The van der Waals surface area contributed by atoms with Gasteiger partial charge in [-0.3, -0.25) is 4.79 Å². The van der Waals surface area contributed by atoms with Gasteiger partial charge in [0.2, 0.25) is 5.91 Å². The van der Waals surface area contributed by atoms with Gasteiger partial charge in [0.1, 0.15) is 6.04 Å². The Morgan fingerprint density at radius 3 is 2.27 bits per heavy atom. The standard InChI is InChI=1S/C17H25N3O2/c1-13(2)15(16(21)20-11-7-4-8-12-20)19-17(22)18-14-9-5-3-6-10-14/h3,5-6,9-10,13,15H,4,7-8,11-12H2,1-2H3,(H2,18,19,22)/t15-/m1/s1. The van der Waals surface area contributed by atoms with Crippen LogP contribution in [0.1, 0.15) is 33.1 Å². The summed E-state index contributed by atoms with van der Waals surface area (Å²) in [6, 6.07) is 8.41. The van der Waals surface area contributed by atoms with Gasteiger partial charge in [-0.05, 0) is 37.3 Å². The fraction of sp³-hybridized carbons (Fsp3) is 0.529. The third-order valence-electron chi connectivity index (χ3n) is 3.92. The van der Waals surface area contributed by atoms with E-state index in [-0.39, 0.29) is 17.9 Å². The van der Waals surface area contributed by atoms with Crippen LogP contribution in [-0.4, -0.2) is 36.0 Å². The minimum absolute atomic E-state index is 0.0258. The first kappa shape index (κ1) is 16.3. The molecule has 1 heterocycles. The summed E-state index contributed by atoms with van der Waals surface area (Å²) in [5.41, 5.74) is 0.716. The molecule has 0 saturated carbocycles. The van der Waals surface area contributed by atoms with Crippen LogP contribution in [0.2, 0.25) is 0 Å². The topological polar surface area (TPSA) is 61.4 Å². The summed E-state index contributed by atoms with van der Waals surface area (Å²) in [5, 5.41) is 5.59. The van der Waals surface area contributed by atoms with E-state index in [1.54, 1.807) is 0 Å². The molecule has 2 N–H and O–H groups in total. The summed E-state index contributed by atoms with van der Waals surface area (Å²) in [4.78, 5) is 26.6. The monoisotopic (exact) mass is 303 g/mol. The number of urea groups is 1. The van der Waals surface area contributed by atoms with Crippen LogP contribution in [-0.2, 0) is 4.79 Å². The maximum absolute atomic E-state index is 12.6. The fourth-order valence-corrected chi connectivity index (χ4v) is 2.65. The van der Waals surface area contributed by atoms with Gasteiger partial charge < -0.3 is 15.5 Å². The van der Waals surface area contributed by atoms with Crippen molar-refractivity contribution < 1.29 is 9.59 Å². The Hall–Kier alpha value is -2.04. The molecule has 22 heavy (non-hydrogen) atoms. The van der Waals surface area contributed by atoms with Gasteiger partial charge in [-0.2, -0.15) is 0 Å². The molecule has 1 aliphatic heterocycles. The van der Waals surface area contributed by atoms with Crippen molar-refractivity contribution in [3.05, 3.63) is 30.3 Å². The number of para-hydroxylation sites is 1. The Balaban J connectivity index is 1.95. The third-order valence-corrected chi connectivity index (χ3v) is 3.92. The van der Waals surface area contributed by atoms with Crippen molar-refractivity contribution in [1.29, 1.82) is 0 Å². The van der Waals surface area contributed by atoms with Crippen molar-refractivity contribution in [1.82, 2.24) is 10.2 Å². The lowest BCUT2D eigenvalue weighted by molar-refractivity contribution is -0.135. The molecule has 0 bridgehead atoms. The van der Waals surface area contributed by atoms with Crippen molar-refractivity contribution >= 4 is 17.6 Å². The lowest BCUT2D eigenvalue weighted by Gasteiger charge is -2.32. The molecule has 5 heteroatoms. The van der Waals surface area contributed by atoms with E-state index >= 15 is 0 Å². The Morgan fingerprint density at radius 1 is 1.05 bits per heavy atom. The van der Waals surface area contributed by atoms with Crippen molar-refractivity contribution in [3.8, 4) is 0 Å². The van der Waals surface area contributed by atoms with Gasteiger partial charge in [-0.25, -0.2) is 4.79 Å². The molecule has 1 saturated heterocycles. The summed E-state index contributed by atoms with van der Waals surface area (Å²) in [7, 11) is 0. The Morgan fingerprint density at radius 2 is 1.68 bits per heavy atom. The number of hydrogen-bond acceptors (Lipinski definition) is 2. The van der Waals surface area contributed by atoms with Gasteiger partial charge in [0.25, 0.3) is 0 Å². The van der Waals surface area contributed by atoms with Crippen LogP contribution in [0.15, 0.2) is 30.3 Å². The number of amides is 3. The second-order valence-corrected chi connectivity index (χ2v) is 6.07. The minimum atomic E-state index is -0.484. The summed E-state index contributed by atoms with van der Waals surface area (Å²) < 4.78 is 0. The molecule has 1 aromatic rings. The molecule has 1 aliphatic rings. The highest BCUT2D eigenvalue weighted by Crippen LogP contribution is 2.14. The van der Waals surface area contributed by atoms with Crippen LogP contribution < -0.4 is 10.6 Å². The third kappa shape index (κ3) is 4.48. The zero-order chi connectivity index (χ0) is 15.9. The smallest absolute Gasteiger partial charge is 0.319 e. The molecule has 0 unspecified atom stereocenters. The number of anilines is 1. The zero-order valence-electron chi connectivity index (χ0n) is 13.3. The highest BCUT2D eigenvalue weighted by atomic mass is 16.2. The predicted molar refractivity (Wildman–Crippen MR) is 87.7 cm³/mol. The number of nitrogens with one attached hydrogen (secondary N) is 2. The van der Waals surface area contributed by atoms with Crippen LogP contribution in [0, 0.1) is 5.92 Å². The Bertz CT molecular complexity index is 496. The van der Waals surface area contributed by atoms with Crippen LogP contribution >= 0.6 is 0 Å². The largest absolute Gasteiger partial charge is 0.341 e. The molecular weight excluding hydrogens is 278 g/mol. The second kappa shape index (κ2) is 7.82. The number of nitrogens with zero attached hydrogens (tertiary/aromatic N) is 1. The summed E-state index contributed by atoms with van der Waals surface area (Å²) in [6.07, 6.45) is 3.28. The quantitative estimate of drug-likeness (QED) is 0.898. The van der Waals surface area contributed by atoms with Crippen molar-refractivity contribution in [2.24, 2.45) is 5.92 Å². The van der Waals surface area contributed by atoms with Gasteiger partial charge in [-0.1, -0.05) is 32.0 Å². The molecule has 0 radical (unpaired) electrons. The fourth-order valence-electron chi connectivity index (χ4n) is 2.65. The van der Waals surface area contributed by atoms with Crippen LogP contribution in [0.5, 0.6) is 0 Å². The molecular formula is C17H25N3O2. The first-order valence-corrected chi connectivity index (χ1v) is 7.99. The minimum Gasteiger partial charge on any atom is -0.341 e. The normalized spacial score (nSPS) is 16.2. The maximum Gasteiger partial charge on any atom is 0.319 e. The molecule has 1 aromatic carbocycles. The van der Waals surface area contributed by atoms with Crippen molar-refractivity contribution in [2.75, 3.05) is 18.4 Å². The molecule has 3 amide bonds. The number of likely N-dealkylation sites (tertiary alicyclic amines) is 1. The van der Waals surface area contributed by atoms with Crippen LogP contribution in [0.25, 0.3) is 0 Å². The van der Waals surface area contributed by atoms with E-state index in [0.29, 0.717) is 5.69 Å². The first-order valence-electron chi connectivity index (χ1n) is 7.99. The van der Waals surface area contributed by atoms with E-state index in [0.717, 1.165) is 25.9 Å². The highest BCUT2D eigenvalue weighted by Gasteiger charge is 2.29. The molecule has 2 rings (SSSR count). The number of carbonyl (C=O) groups excluding carboxylic acids is 2. The van der Waals surface area contributed by atoms with Crippen LogP contribution in [0.3, 0.4) is 0 Å². The average molecular weight is 303 g/mol. The van der Waals surface area contributed by atoms with E-state index in [1.807, 2.05) is 49.1 Å². The number of hydrogen-bond donors (Lipinski definition) is 2. The van der Waals surface area contributed by atoms with Crippen LogP contribution in [0.4, 0.5) is 10.5 Å². The van der Waals surface area contributed by atoms with E-state index in [1.165, 1.54) is 6.42 Å². The highest BCUT2D eigenvalue weighted by molar-refractivity contribution is 5.93. The summed E-state index contributed by atoms with van der Waals surface area (Å²) >= 11 is 0. The SMILES string of the molecule is CC(C)[C@@H](NC(=O)Nc1ccccc1)C(=O)N1CCCCC1. The van der Waals surface area contributed by atoms with Gasteiger partial charge in [0.05, 0.1) is 0 Å². The second-order valence-electron chi connectivity index (χ2n) is 6.07. The molecule has 120 valence electrons. The molecule has 1 atom stereocenters. The number of piperidine rings is 1. The van der Waals surface area contributed by atoms with E-state index in [9.17, 15) is 9.59 Å². The van der Waals surface area contributed by atoms with Gasteiger partial charge >= 0.3 is 6.03 Å². The molecule has 5 nitrogen and oxygen atoms in total. The van der Waals surface area contributed by atoms with E-state index in [2.05, 4.69) is 10.6 Å². The zero-order valence-corrected chi connectivity index (χ0v) is 13.3. The van der Waals surface area contributed by atoms with Gasteiger partial charge in [-0.15, -0.1) is 0 Å². The van der Waals surface area contributed by atoms with E-state index in [4.69, 9.17) is 0 Å². The lowest BCUT2D eigenvalue weighted by Crippen LogP contribution is -2.53. The molecule has 1 fully saturated rings. The molecule has 0 aromatic heterocycles. The Kier molecular flexibility index (Phi) is 5.81. The maximum atomic E-state index is 12.6.